The Morgan fingerprint density at radius 2 is 2.00 bits per heavy atom. The standard InChI is InChI=1S/C11H11NO4/c1-8-4-2-3-5-9(8)12(6-7-13)10(14)11(15)16/h2-5,7H,6H2,1H3,(H,15,16). The van der Waals surface area contributed by atoms with E-state index >= 15 is 0 Å². The second kappa shape index (κ2) is 5.06. The predicted molar refractivity (Wildman–Crippen MR) is 57.2 cm³/mol. The highest BCUT2D eigenvalue weighted by Gasteiger charge is 2.22. The van der Waals surface area contributed by atoms with E-state index in [-0.39, 0.29) is 6.54 Å². The molecule has 1 rings (SSSR count). The highest BCUT2D eigenvalue weighted by Crippen LogP contribution is 2.18. The molecule has 0 unspecified atom stereocenters. The number of benzene rings is 1. The average molecular weight is 221 g/mol. The minimum atomic E-state index is -1.58. The Labute approximate surface area is 92.3 Å². The van der Waals surface area contributed by atoms with Crippen LogP contribution < -0.4 is 4.90 Å². The van der Waals surface area contributed by atoms with Crippen molar-refractivity contribution in [2.24, 2.45) is 0 Å². The molecule has 1 aromatic rings. The zero-order valence-electron chi connectivity index (χ0n) is 8.71. The van der Waals surface area contributed by atoms with Crippen molar-refractivity contribution in [2.45, 2.75) is 6.92 Å². The van der Waals surface area contributed by atoms with Crippen molar-refractivity contribution in [3.05, 3.63) is 29.8 Å². The van der Waals surface area contributed by atoms with Crippen LogP contribution in [-0.4, -0.2) is 29.8 Å². The summed E-state index contributed by atoms with van der Waals surface area (Å²) in [5.74, 6) is -2.69. The number of hydrogen-bond donors (Lipinski definition) is 1. The highest BCUT2D eigenvalue weighted by molar-refractivity contribution is 6.37. The van der Waals surface area contributed by atoms with Gasteiger partial charge in [0.1, 0.15) is 6.29 Å². The number of nitrogens with zero attached hydrogens (tertiary/aromatic N) is 1. The molecule has 1 amide bonds. The number of para-hydroxylation sites is 1. The van der Waals surface area contributed by atoms with Gasteiger partial charge in [0.05, 0.1) is 6.54 Å². The van der Waals surface area contributed by atoms with Crippen molar-refractivity contribution in [3.8, 4) is 0 Å². The second-order valence-corrected chi connectivity index (χ2v) is 3.17. The number of rotatable bonds is 3. The van der Waals surface area contributed by atoms with Gasteiger partial charge in [-0.3, -0.25) is 9.69 Å². The van der Waals surface area contributed by atoms with Crippen LogP contribution in [0.5, 0.6) is 0 Å². The number of carbonyl (C=O) groups excluding carboxylic acids is 2. The molecule has 16 heavy (non-hydrogen) atoms. The fourth-order valence-corrected chi connectivity index (χ4v) is 1.35. The third-order valence-corrected chi connectivity index (χ3v) is 2.09. The Morgan fingerprint density at radius 3 is 2.50 bits per heavy atom. The first-order valence-electron chi connectivity index (χ1n) is 4.62. The maximum atomic E-state index is 11.4. The lowest BCUT2D eigenvalue weighted by Gasteiger charge is -2.19. The van der Waals surface area contributed by atoms with Crippen LogP contribution >= 0.6 is 0 Å². The molecule has 0 aliphatic heterocycles. The van der Waals surface area contributed by atoms with E-state index in [0.717, 1.165) is 10.5 Å². The van der Waals surface area contributed by atoms with Gasteiger partial charge in [-0.15, -0.1) is 0 Å². The number of carbonyl (C=O) groups is 3. The van der Waals surface area contributed by atoms with Gasteiger partial charge in [0.15, 0.2) is 0 Å². The molecule has 0 fully saturated rings. The van der Waals surface area contributed by atoms with Gasteiger partial charge in [0.2, 0.25) is 0 Å². The molecule has 0 aliphatic carbocycles. The van der Waals surface area contributed by atoms with Crippen LogP contribution in [0.1, 0.15) is 5.56 Å². The van der Waals surface area contributed by atoms with Crippen molar-refractivity contribution in [3.63, 3.8) is 0 Å². The molecule has 0 bridgehead atoms. The third kappa shape index (κ3) is 2.44. The van der Waals surface area contributed by atoms with Crippen molar-refractivity contribution < 1.29 is 19.5 Å². The molecule has 84 valence electrons. The number of carboxylic acid groups (broad SMARTS) is 1. The Kier molecular flexibility index (Phi) is 3.77. The maximum Gasteiger partial charge on any atom is 0.394 e. The van der Waals surface area contributed by atoms with E-state index in [0.29, 0.717) is 12.0 Å². The summed E-state index contributed by atoms with van der Waals surface area (Å²) in [5.41, 5.74) is 1.17. The Bertz CT molecular complexity index is 428. The Hall–Kier alpha value is -2.17. The van der Waals surface area contributed by atoms with E-state index in [1.807, 2.05) is 0 Å². The van der Waals surface area contributed by atoms with Crippen molar-refractivity contribution in [2.75, 3.05) is 11.4 Å². The highest BCUT2D eigenvalue weighted by atomic mass is 16.4. The molecule has 0 saturated heterocycles. The molecule has 0 aromatic heterocycles. The second-order valence-electron chi connectivity index (χ2n) is 3.17. The fourth-order valence-electron chi connectivity index (χ4n) is 1.35. The lowest BCUT2D eigenvalue weighted by atomic mass is 10.2. The molecule has 0 radical (unpaired) electrons. The number of aryl methyl sites for hydroxylation is 1. The molecular weight excluding hydrogens is 210 g/mol. The summed E-state index contributed by atoms with van der Waals surface area (Å²) < 4.78 is 0. The number of carboxylic acids is 1. The fraction of sp³-hybridized carbons (Fsp3) is 0.182. The van der Waals surface area contributed by atoms with Gasteiger partial charge in [0.25, 0.3) is 0 Å². The minimum Gasteiger partial charge on any atom is -0.474 e. The van der Waals surface area contributed by atoms with E-state index in [4.69, 9.17) is 5.11 Å². The largest absolute Gasteiger partial charge is 0.474 e. The normalized spacial score (nSPS) is 9.56. The number of amides is 1. The molecule has 0 spiro atoms. The molecule has 5 heteroatoms. The SMILES string of the molecule is Cc1ccccc1N(CC=O)C(=O)C(=O)O. The minimum absolute atomic E-state index is 0.268. The number of hydrogen-bond acceptors (Lipinski definition) is 3. The van der Waals surface area contributed by atoms with Crippen molar-refractivity contribution in [1.29, 1.82) is 0 Å². The van der Waals surface area contributed by atoms with E-state index in [2.05, 4.69) is 0 Å². The van der Waals surface area contributed by atoms with Crippen LogP contribution in [0.4, 0.5) is 5.69 Å². The van der Waals surface area contributed by atoms with Gasteiger partial charge in [0, 0.05) is 5.69 Å². The Balaban J connectivity index is 3.12. The number of aliphatic carboxylic acids is 1. The van der Waals surface area contributed by atoms with Crippen LogP contribution in [0.15, 0.2) is 24.3 Å². The van der Waals surface area contributed by atoms with Gasteiger partial charge in [-0.2, -0.15) is 0 Å². The molecular formula is C11H11NO4. The van der Waals surface area contributed by atoms with E-state index < -0.39 is 11.9 Å². The van der Waals surface area contributed by atoms with Crippen LogP contribution in [0.2, 0.25) is 0 Å². The van der Waals surface area contributed by atoms with Gasteiger partial charge in [-0.25, -0.2) is 4.79 Å². The summed E-state index contributed by atoms with van der Waals surface area (Å²) in [6.45, 7) is 1.47. The van der Waals surface area contributed by atoms with Crippen LogP contribution in [0.3, 0.4) is 0 Å². The number of aldehydes is 1. The first-order valence-corrected chi connectivity index (χ1v) is 4.62. The molecule has 5 nitrogen and oxygen atoms in total. The molecule has 0 saturated carbocycles. The molecule has 1 aromatic carbocycles. The monoisotopic (exact) mass is 221 g/mol. The van der Waals surface area contributed by atoms with E-state index in [1.165, 1.54) is 0 Å². The molecule has 0 atom stereocenters. The zero-order valence-corrected chi connectivity index (χ0v) is 8.71. The first-order chi connectivity index (χ1) is 7.57. The van der Waals surface area contributed by atoms with Gasteiger partial charge >= 0.3 is 11.9 Å². The average Bonchev–Trinajstić information content (AvgIpc) is 2.26. The summed E-state index contributed by atoms with van der Waals surface area (Å²) in [4.78, 5) is 33.3. The first kappa shape index (κ1) is 11.9. The van der Waals surface area contributed by atoms with Crippen LogP contribution in [0.25, 0.3) is 0 Å². The van der Waals surface area contributed by atoms with E-state index in [9.17, 15) is 14.4 Å². The van der Waals surface area contributed by atoms with Crippen molar-refractivity contribution >= 4 is 23.9 Å². The molecule has 0 aliphatic rings. The number of anilines is 1. The topological polar surface area (TPSA) is 74.7 Å². The predicted octanol–water partition coefficient (Wildman–Crippen LogP) is 0.612. The lowest BCUT2D eigenvalue weighted by Crippen LogP contribution is -2.38. The summed E-state index contributed by atoms with van der Waals surface area (Å²) in [6, 6.07) is 6.78. The summed E-state index contributed by atoms with van der Waals surface area (Å²) in [5, 5.41) is 8.62. The van der Waals surface area contributed by atoms with Crippen LogP contribution in [-0.2, 0) is 14.4 Å². The molecule has 0 heterocycles. The van der Waals surface area contributed by atoms with Crippen molar-refractivity contribution in [1.82, 2.24) is 0 Å². The van der Waals surface area contributed by atoms with E-state index in [1.54, 1.807) is 31.2 Å². The van der Waals surface area contributed by atoms with Crippen LogP contribution in [0, 0.1) is 6.92 Å². The van der Waals surface area contributed by atoms with Gasteiger partial charge in [-0.1, -0.05) is 18.2 Å². The third-order valence-electron chi connectivity index (χ3n) is 2.09. The van der Waals surface area contributed by atoms with Gasteiger partial charge in [-0.05, 0) is 18.6 Å². The molecule has 1 N–H and O–H groups in total. The summed E-state index contributed by atoms with van der Waals surface area (Å²) >= 11 is 0. The quantitative estimate of drug-likeness (QED) is 0.599. The summed E-state index contributed by atoms with van der Waals surface area (Å²) in [7, 11) is 0. The zero-order chi connectivity index (χ0) is 12.1. The smallest absolute Gasteiger partial charge is 0.394 e. The Morgan fingerprint density at radius 1 is 1.38 bits per heavy atom. The van der Waals surface area contributed by atoms with Gasteiger partial charge < -0.3 is 9.90 Å². The maximum absolute atomic E-state index is 11.4. The summed E-state index contributed by atoms with van der Waals surface area (Å²) in [6.07, 6.45) is 0.493. The lowest BCUT2D eigenvalue weighted by molar-refractivity contribution is -0.148.